The van der Waals surface area contributed by atoms with E-state index in [0.29, 0.717) is 29.6 Å². The summed E-state index contributed by atoms with van der Waals surface area (Å²) in [6.07, 6.45) is 6.83. The van der Waals surface area contributed by atoms with E-state index in [1.54, 1.807) is 43.0 Å². The van der Waals surface area contributed by atoms with Crippen molar-refractivity contribution in [2.24, 2.45) is 0 Å². The Kier molecular flexibility index (Phi) is 6.94. The van der Waals surface area contributed by atoms with E-state index in [1.165, 1.54) is 0 Å². The van der Waals surface area contributed by atoms with Crippen LogP contribution in [0.25, 0.3) is 11.1 Å². The lowest BCUT2D eigenvalue weighted by Crippen LogP contribution is -2.28. The summed E-state index contributed by atoms with van der Waals surface area (Å²) in [6.45, 7) is 0.779. The van der Waals surface area contributed by atoms with Gasteiger partial charge >= 0.3 is 6.03 Å². The first-order valence-electron chi connectivity index (χ1n) is 10.0. The number of nitrogens with zero attached hydrogens (tertiary/aromatic N) is 2. The van der Waals surface area contributed by atoms with E-state index in [0.717, 1.165) is 22.3 Å². The minimum atomic E-state index is -0.287. The number of aromatic nitrogens is 2. The van der Waals surface area contributed by atoms with Gasteiger partial charge in [-0.05, 0) is 53.1 Å². The van der Waals surface area contributed by atoms with Gasteiger partial charge in [0.15, 0.2) is 0 Å². The van der Waals surface area contributed by atoms with E-state index >= 15 is 0 Å². The number of hydrogen-bond acceptors (Lipinski definition) is 4. The second kappa shape index (κ2) is 10.4. The highest BCUT2D eigenvalue weighted by Gasteiger charge is 2.09. The lowest BCUT2D eigenvalue weighted by atomic mass is 10.0. The minimum Gasteiger partial charge on any atom is -0.489 e. The Balaban J connectivity index is 1.34. The molecule has 0 unspecified atom stereocenters. The van der Waals surface area contributed by atoms with Crippen LogP contribution in [-0.4, -0.2) is 16.0 Å². The van der Waals surface area contributed by atoms with E-state index in [-0.39, 0.29) is 6.03 Å². The maximum atomic E-state index is 12.1. The average molecular weight is 445 g/mol. The molecule has 0 atom stereocenters. The lowest BCUT2D eigenvalue weighted by molar-refractivity contribution is 0.251. The molecule has 160 valence electrons. The van der Waals surface area contributed by atoms with Crippen molar-refractivity contribution in [2.75, 3.05) is 5.32 Å². The molecule has 32 heavy (non-hydrogen) atoms. The highest BCUT2D eigenvalue weighted by molar-refractivity contribution is 6.33. The summed E-state index contributed by atoms with van der Waals surface area (Å²) in [5, 5.41) is 6.24. The van der Waals surface area contributed by atoms with Gasteiger partial charge in [-0.1, -0.05) is 41.9 Å². The number of carbonyl (C=O) groups is 1. The van der Waals surface area contributed by atoms with Crippen LogP contribution in [0.5, 0.6) is 5.75 Å². The average Bonchev–Trinajstić information content (AvgIpc) is 2.84. The van der Waals surface area contributed by atoms with E-state index in [9.17, 15) is 4.79 Å². The molecule has 2 aromatic heterocycles. The SMILES string of the molecule is O=C(NCc1cccnc1)Nc1ccc(OCc2ccccc2-c2cnccc2Cl)cc1. The second-order valence-corrected chi connectivity index (χ2v) is 7.40. The number of benzene rings is 2. The van der Waals surface area contributed by atoms with Crippen molar-refractivity contribution >= 4 is 23.3 Å². The van der Waals surface area contributed by atoms with Crippen molar-refractivity contribution in [3.8, 4) is 16.9 Å². The fourth-order valence-electron chi connectivity index (χ4n) is 3.14. The normalized spacial score (nSPS) is 10.4. The van der Waals surface area contributed by atoms with E-state index < -0.39 is 0 Å². The topological polar surface area (TPSA) is 76.1 Å². The lowest BCUT2D eigenvalue weighted by Gasteiger charge is -2.13. The molecule has 4 rings (SSSR count). The van der Waals surface area contributed by atoms with E-state index in [1.807, 2.05) is 48.5 Å². The van der Waals surface area contributed by atoms with Gasteiger partial charge in [-0.25, -0.2) is 4.79 Å². The van der Waals surface area contributed by atoms with Crippen LogP contribution in [0.2, 0.25) is 5.02 Å². The first-order valence-corrected chi connectivity index (χ1v) is 10.4. The summed E-state index contributed by atoms with van der Waals surface area (Å²) < 4.78 is 5.96. The predicted octanol–water partition coefficient (Wildman–Crippen LogP) is 5.70. The largest absolute Gasteiger partial charge is 0.489 e. The summed E-state index contributed by atoms with van der Waals surface area (Å²) in [7, 11) is 0. The van der Waals surface area contributed by atoms with Crippen molar-refractivity contribution < 1.29 is 9.53 Å². The van der Waals surface area contributed by atoms with Crippen LogP contribution < -0.4 is 15.4 Å². The monoisotopic (exact) mass is 444 g/mol. The number of amides is 2. The van der Waals surface area contributed by atoms with Crippen molar-refractivity contribution in [1.29, 1.82) is 0 Å². The third kappa shape index (κ3) is 5.62. The smallest absolute Gasteiger partial charge is 0.319 e. The molecule has 0 saturated carbocycles. The van der Waals surface area contributed by atoms with Crippen LogP contribution in [0.4, 0.5) is 10.5 Å². The molecule has 0 aliphatic carbocycles. The van der Waals surface area contributed by atoms with Gasteiger partial charge < -0.3 is 15.4 Å². The van der Waals surface area contributed by atoms with Gasteiger partial charge in [-0.2, -0.15) is 0 Å². The Morgan fingerprint density at radius 3 is 2.47 bits per heavy atom. The molecule has 0 aliphatic rings. The highest BCUT2D eigenvalue weighted by atomic mass is 35.5. The third-order valence-corrected chi connectivity index (χ3v) is 5.09. The van der Waals surface area contributed by atoms with Gasteiger partial charge in [0.2, 0.25) is 0 Å². The highest BCUT2D eigenvalue weighted by Crippen LogP contribution is 2.30. The van der Waals surface area contributed by atoms with Crippen molar-refractivity contribution in [2.45, 2.75) is 13.2 Å². The van der Waals surface area contributed by atoms with E-state index in [4.69, 9.17) is 16.3 Å². The number of hydrogen-bond donors (Lipinski definition) is 2. The summed E-state index contributed by atoms with van der Waals surface area (Å²) in [6, 6.07) is 20.4. The Bertz CT molecular complexity index is 1180. The summed E-state index contributed by atoms with van der Waals surface area (Å²) in [4.78, 5) is 20.3. The molecule has 0 bridgehead atoms. The minimum absolute atomic E-state index is 0.287. The summed E-state index contributed by atoms with van der Waals surface area (Å²) in [5.41, 5.74) is 4.45. The number of halogens is 1. The number of anilines is 1. The molecule has 0 spiro atoms. The molecular formula is C25H21ClN4O2. The fourth-order valence-corrected chi connectivity index (χ4v) is 3.35. The zero-order valence-corrected chi connectivity index (χ0v) is 17.9. The number of carbonyl (C=O) groups excluding carboxylic acids is 1. The number of pyridine rings is 2. The molecule has 4 aromatic rings. The Morgan fingerprint density at radius 2 is 1.69 bits per heavy atom. The van der Waals surface area contributed by atoms with Crippen LogP contribution >= 0.6 is 11.6 Å². The molecule has 2 N–H and O–H groups in total. The standard InChI is InChI=1S/C25H21ClN4O2/c26-24-11-13-28-16-23(24)22-6-2-1-5-19(22)17-32-21-9-7-20(8-10-21)30-25(31)29-15-18-4-3-12-27-14-18/h1-14,16H,15,17H2,(H2,29,30,31). The molecule has 2 aromatic carbocycles. The Morgan fingerprint density at radius 1 is 0.875 bits per heavy atom. The predicted molar refractivity (Wildman–Crippen MR) is 126 cm³/mol. The van der Waals surface area contributed by atoms with Gasteiger partial charge in [0.25, 0.3) is 0 Å². The van der Waals surface area contributed by atoms with Crippen molar-refractivity contribution in [3.05, 3.63) is 108 Å². The van der Waals surface area contributed by atoms with Gasteiger partial charge in [-0.3, -0.25) is 9.97 Å². The molecule has 0 fully saturated rings. The van der Waals surface area contributed by atoms with Gasteiger partial charge in [0, 0.05) is 42.6 Å². The molecule has 6 nitrogen and oxygen atoms in total. The molecule has 0 saturated heterocycles. The Labute approximate surface area is 191 Å². The molecule has 2 amide bonds. The molecule has 0 aliphatic heterocycles. The van der Waals surface area contributed by atoms with Gasteiger partial charge in [-0.15, -0.1) is 0 Å². The number of urea groups is 1. The maximum absolute atomic E-state index is 12.1. The zero-order chi connectivity index (χ0) is 22.2. The molecular weight excluding hydrogens is 424 g/mol. The van der Waals surface area contributed by atoms with Gasteiger partial charge in [0.05, 0.1) is 5.02 Å². The van der Waals surface area contributed by atoms with Crippen molar-refractivity contribution in [3.63, 3.8) is 0 Å². The number of nitrogens with one attached hydrogen (secondary N) is 2. The first-order chi connectivity index (χ1) is 15.7. The van der Waals surface area contributed by atoms with Crippen LogP contribution in [-0.2, 0) is 13.2 Å². The fraction of sp³-hybridized carbons (Fsp3) is 0.0800. The molecule has 2 heterocycles. The van der Waals surface area contributed by atoms with Crippen LogP contribution in [0.3, 0.4) is 0 Å². The first kappa shape index (κ1) is 21.3. The van der Waals surface area contributed by atoms with Crippen molar-refractivity contribution in [1.82, 2.24) is 15.3 Å². The number of ether oxygens (including phenoxy) is 1. The zero-order valence-electron chi connectivity index (χ0n) is 17.2. The van der Waals surface area contributed by atoms with Gasteiger partial charge in [0.1, 0.15) is 12.4 Å². The van der Waals surface area contributed by atoms with Crippen LogP contribution in [0.1, 0.15) is 11.1 Å². The molecule has 0 radical (unpaired) electrons. The maximum Gasteiger partial charge on any atom is 0.319 e. The third-order valence-electron chi connectivity index (χ3n) is 4.76. The van der Waals surface area contributed by atoms with Crippen LogP contribution in [0, 0.1) is 0 Å². The van der Waals surface area contributed by atoms with Crippen LogP contribution in [0.15, 0.2) is 91.5 Å². The number of rotatable bonds is 7. The summed E-state index contributed by atoms with van der Waals surface area (Å²) in [5.74, 6) is 0.693. The summed E-state index contributed by atoms with van der Waals surface area (Å²) >= 11 is 6.34. The van der Waals surface area contributed by atoms with E-state index in [2.05, 4.69) is 20.6 Å². The quantitative estimate of drug-likeness (QED) is 0.383. The molecule has 7 heteroatoms. The Hall–Kier alpha value is -3.90. The second-order valence-electron chi connectivity index (χ2n) is 6.99.